The summed E-state index contributed by atoms with van der Waals surface area (Å²) in [6.45, 7) is 2.14. The van der Waals surface area contributed by atoms with Crippen LogP contribution in [-0.2, 0) is 11.2 Å². The molecule has 144 valence electrons. The number of nitro benzene ring substituents is 1. The molecule has 0 radical (unpaired) electrons. The Morgan fingerprint density at radius 1 is 1.18 bits per heavy atom. The van der Waals surface area contributed by atoms with Crippen LogP contribution in [-0.4, -0.2) is 15.7 Å². The molecule has 2 aromatic rings. The fourth-order valence-corrected chi connectivity index (χ4v) is 6.31. The van der Waals surface area contributed by atoms with E-state index in [1.807, 2.05) is 18.2 Å². The van der Waals surface area contributed by atoms with Crippen molar-refractivity contribution in [2.75, 3.05) is 0 Å². The molecule has 3 aliphatic carbocycles. The van der Waals surface area contributed by atoms with Crippen LogP contribution in [0.5, 0.6) is 0 Å². The summed E-state index contributed by atoms with van der Waals surface area (Å²) in [5.74, 6) is 1.37. The number of fused-ring (bicyclic) bond motifs is 5. The van der Waals surface area contributed by atoms with Crippen LogP contribution >= 0.6 is 0 Å². The Labute approximate surface area is 164 Å². The van der Waals surface area contributed by atoms with Gasteiger partial charge in [0.1, 0.15) is 5.78 Å². The number of pyridine rings is 1. The van der Waals surface area contributed by atoms with Crippen molar-refractivity contribution in [3.05, 3.63) is 57.8 Å². The van der Waals surface area contributed by atoms with Crippen molar-refractivity contribution in [2.45, 2.75) is 51.4 Å². The molecule has 2 saturated carbocycles. The van der Waals surface area contributed by atoms with E-state index >= 15 is 0 Å². The molecule has 3 aliphatic rings. The smallest absolute Gasteiger partial charge is 0.273 e. The number of rotatable bonds is 2. The van der Waals surface area contributed by atoms with E-state index in [0.717, 1.165) is 54.5 Å². The fraction of sp³-hybridized carbons (Fsp3) is 0.478. The summed E-state index contributed by atoms with van der Waals surface area (Å²) < 4.78 is 0. The highest BCUT2D eigenvalue weighted by molar-refractivity contribution is 5.87. The first-order valence-corrected chi connectivity index (χ1v) is 10.2. The maximum atomic E-state index is 12.5. The number of nitrogens with zero attached hydrogens (tertiary/aromatic N) is 2. The molecule has 2 fully saturated rings. The third-order valence-corrected chi connectivity index (χ3v) is 7.67. The monoisotopic (exact) mass is 376 g/mol. The average molecular weight is 376 g/mol. The predicted octanol–water partition coefficient (Wildman–Crippen LogP) is 5.08. The predicted molar refractivity (Wildman–Crippen MR) is 106 cm³/mol. The minimum Gasteiger partial charge on any atom is -0.299 e. The molecule has 0 N–H and O–H groups in total. The third-order valence-electron chi connectivity index (χ3n) is 7.67. The standard InChI is InChI=1S/C23H24N2O3/c1-23-10-9-17-16(18(23)7-8-21(23)26)6-5-14-12-15(19-4-2-3-11-24-19)13-20(22(14)17)25(27)28/h2-4,11-13,16-18H,5-10H2,1H3/t16-,17+,18+,23+/m1/s1. The van der Waals surface area contributed by atoms with Crippen LogP contribution in [0.3, 0.4) is 0 Å². The third kappa shape index (κ3) is 2.45. The summed E-state index contributed by atoms with van der Waals surface area (Å²) in [4.78, 5) is 28.7. The maximum absolute atomic E-state index is 12.5. The normalized spacial score (nSPS) is 31.0. The van der Waals surface area contributed by atoms with Gasteiger partial charge in [-0.2, -0.15) is 0 Å². The van der Waals surface area contributed by atoms with Gasteiger partial charge in [-0.1, -0.05) is 13.0 Å². The van der Waals surface area contributed by atoms with E-state index in [2.05, 4.69) is 18.0 Å². The molecule has 5 heteroatoms. The first-order valence-electron chi connectivity index (χ1n) is 10.2. The second kappa shape index (κ2) is 6.23. The number of benzene rings is 1. The summed E-state index contributed by atoms with van der Waals surface area (Å²) in [5.41, 5.74) is 3.66. The lowest BCUT2D eigenvalue weighted by Crippen LogP contribution is -2.42. The molecule has 4 atom stereocenters. The summed E-state index contributed by atoms with van der Waals surface area (Å²) >= 11 is 0. The van der Waals surface area contributed by atoms with Gasteiger partial charge in [0.25, 0.3) is 5.69 Å². The van der Waals surface area contributed by atoms with Crippen molar-refractivity contribution in [1.29, 1.82) is 0 Å². The van der Waals surface area contributed by atoms with E-state index in [-0.39, 0.29) is 21.9 Å². The highest BCUT2D eigenvalue weighted by Gasteiger charge is 2.55. The van der Waals surface area contributed by atoms with Gasteiger partial charge in [0.15, 0.2) is 0 Å². The quantitative estimate of drug-likeness (QED) is 0.541. The Kier molecular flexibility index (Phi) is 3.90. The molecule has 1 aromatic heterocycles. The van der Waals surface area contributed by atoms with Crippen molar-refractivity contribution in [1.82, 2.24) is 4.98 Å². The van der Waals surface area contributed by atoms with Crippen molar-refractivity contribution in [3.63, 3.8) is 0 Å². The Morgan fingerprint density at radius 2 is 2.04 bits per heavy atom. The number of nitro groups is 1. The molecule has 1 aromatic carbocycles. The van der Waals surface area contributed by atoms with E-state index in [0.29, 0.717) is 24.0 Å². The number of hydrogen-bond donors (Lipinski definition) is 0. The second-order valence-corrected chi connectivity index (χ2v) is 8.87. The zero-order valence-corrected chi connectivity index (χ0v) is 16.1. The number of aromatic nitrogens is 1. The topological polar surface area (TPSA) is 73.1 Å². The number of ketones is 1. The molecule has 28 heavy (non-hydrogen) atoms. The molecular formula is C23H24N2O3. The number of hydrogen-bond acceptors (Lipinski definition) is 4. The lowest BCUT2D eigenvalue weighted by atomic mass is 9.55. The van der Waals surface area contributed by atoms with Crippen LogP contribution in [0.2, 0.25) is 0 Å². The van der Waals surface area contributed by atoms with Crippen LogP contribution in [0.4, 0.5) is 5.69 Å². The molecule has 5 nitrogen and oxygen atoms in total. The summed E-state index contributed by atoms with van der Waals surface area (Å²) in [5, 5.41) is 12.0. The van der Waals surface area contributed by atoms with Gasteiger partial charge in [-0.15, -0.1) is 0 Å². The van der Waals surface area contributed by atoms with Gasteiger partial charge in [0.2, 0.25) is 0 Å². The SMILES string of the molecule is C[C@]12CC[C@@H]3c4c(cc(-c5ccccn5)cc4[N+](=O)[O-])CC[C@H]3[C@@H]1CCC2=O. The zero-order chi connectivity index (χ0) is 19.5. The van der Waals surface area contributed by atoms with E-state index < -0.39 is 0 Å². The maximum Gasteiger partial charge on any atom is 0.273 e. The highest BCUT2D eigenvalue weighted by atomic mass is 16.6. The van der Waals surface area contributed by atoms with Gasteiger partial charge in [-0.05, 0) is 73.6 Å². The Balaban J connectivity index is 1.61. The molecule has 0 aliphatic heterocycles. The van der Waals surface area contributed by atoms with Crippen LogP contribution in [0.15, 0.2) is 36.5 Å². The lowest BCUT2D eigenvalue weighted by molar-refractivity contribution is -0.386. The minimum atomic E-state index is -0.221. The van der Waals surface area contributed by atoms with Crippen LogP contribution in [0.25, 0.3) is 11.3 Å². The van der Waals surface area contributed by atoms with Gasteiger partial charge in [0, 0.05) is 35.2 Å². The number of carbonyl (C=O) groups excluding carboxylic acids is 1. The van der Waals surface area contributed by atoms with Crippen molar-refractivity contribution in [2.24, 2.45) is 17.3 Å². The van der Waals surface area contributed by atoms with Gasteiger partial charge < -0.3 is 0 Å². The molecule has 0 saturated heterocycles. The molecule has 1 heterocycles. The fourth-order valence-electron chi connectivity index (χ4n) is 6.31. The molecular weight excluding hydrogens is 352 g/mol. The Hall–Kier alpha value is -2.56. The van der Waals surface area contributed by atoms with Crippen LogP contribution in [0, 0.1) is 27.4 Å². The molecule has 0 amide bonds. The first kappa shape index (κ1) is 17.5. The first-order chi connectivity index (χ1) is 13.5. The summed E-state index contributed by atoms with van der Waals surface area (Å²) in [7, 11) is 0. The molecule has 0 unspecified atom stereocenters. The Bertz CT molecular complexity index is 971. The number of carbonyl (C=O) groups is 1. The van der Waals surface area contributed by atoms with Crippen LogP contribution < -0.4 is 0 Å². The number of Topliss-reactive ketones (excluding diaryl/α,β-unsaturated/α-hetero) is 1. The lowest BCUT2D eigenvalue weighted by Gasteiger charge is -2.48. The van der Waals surface area contributed by atoms with E-state index in [1.165, 1.54) is 0 Å². The molecule has 5 rings (SSSR count). The van der Waals surface area contributed by atoms with Crippen molar-refractivity contribution < 1.29 is 9.72 Å². The van der Waals surface area contributed by atoms with E-state index in [4.69, 9.17) is 0 Å². The van der Waals surface area contributed by atoms with Gasteiger partial charge >= 0.3 is 0 Å². The Morgan fingerprint density at radius 3 is 2.79 bits per heavy atom. The zero-order valence-electron chi connectivity index (χ0n) is 16.1. The van der Waals surface area contributed by atoms with E-state index in [1.54, 1.807) is 12.3 Å². The average Bonchev–Trinajstić information content (AvgIpc) is 3.02. The number of aryl methyl sites for hydroxylation is 1. The van der Waals surface area contributed by atoms with Crippen LogP contribution in [0.1, 0.15) is 56.1 Å². The van der Waals surface area contributed by atoms with E-state index in [9.17, 15) is 14.9 Å². The summed E-state index contributed by atoms with van der Waals surface area (Å²) in [6.07, 6.45) is 6.95. The highest BCUT2D eigenvalue weighted by Crippen LogP contribution is 2.60. The van der Waals surface area contributed by atoms with Crippen molar-refractivity contribution >= 4 is 11.5 Å². The van der Waals surface area contributed by atoms with Gasteiger partial charge in [-0.3, -0.25) is 19.9 Å². The summed E-state index contributed by atoms with van der Waals surface area (Å²) in [6, 6.07) is 9.46. The molecule has 0 bridgehead atoms. The minimum absolute atomic E-state index is 0.200. The second-order valence-electron chi connectivity index (χ2n) is 8.87. The van der Waals surface area contributed by atoms with Gasteiger partial charge in [-0.25, -0.2) is 0 Å². The molecule has 0 spiro atoms. The van der Waals surface area contributed by atoms with Gasteiger partial charge in [0.05, 0.1) is 10.6 Å². The van der Waals surface area contributed by atoms with Crippen molar-refractivity contribution in [3.8, 4) is 11.3 Å². The largest absolute Gasteiger partial charge is 0.299 e.